The molecule has 3 heterocycles. The zero-order valence-corrected chi connectivity index (χ0v) is 17.5. The average molecular weight is 440 g/mol. The van der Waals surface area contributed by atoms with Crippen LogP contribution in [0.25, 0.3) is 23.0 Å². The van der Waals surface area contributed by atoms with Gasteiger partial charge in [0.05, 0.1) is 38.6 Å². The summed E-state index contributed by atoms with van der Waals surface area (Å²) < 4.78 is 24.0. The molecular formula is C21H18ClN5O4. The number of ether oxygens (including phenoxy) is 3. The first-order chi connectivity index (χ1) is 15.2. The summed E-state index contributed by atoms with van der Waals surface area (Å²) in [7, 11) is 3.16. The minimum absolute atomic E-state index is 0.135. The summed E-state index contributed by atoms with van der Waals surface area (Å²) >= 11 is 5.98. The van der Waals surface area contributed by atoms with Gasteiger partial charge in [0.25, 0.3) is 5.89 Å². The van der Waals surface area contributed by atoms with Crippen molar-refractivity contribution in [2.45, 2.75) is 19.3 Å². The molecule has 5 rings (SSSR count). The standard InChI is InChI=1S/C21H18ClN5O4/c1-28-14-7-8-15(17(9-14)29-2)21-23-20(25-31-21)19-16-11-30-18(10-27(16)26-24-19)12-3-5-13(22)6-4-12/h3-9,18H,10-11H2,1-2H3/t18-/m0/s1. The van der Waals surface area contributed by atoms with Crippen LogP contribution in [-0.4, -0.2) is 39.4 Å². The molecule has 0 radical (unpaired) electrons. The van der Waals surface area contributed by atoms with Crippen LogP contribution in [0.2, 0.25) is 5.02 Å². The molecular weight excluding hydrogens is 422 g/mol. The fourth-order valence-electron chi connectivity index (χ4n) is 3.47. The highest BCUT2D eigenvalue weighted by molar-refractivity contribution is 6.30. The number of fused-ring (bicyclic) bond motifs is 1. The van der Waals surface area contributed by atoms with E-state index >= 15 is 0 Å². The van der Waals surface area contributed by atoms with Crippen LogP contribution >= 0.6 is 11.6 Å². The molecule has 1 aliphatic rings. The van der Waals surface area contributed by atoms with E-state index in [9.17, 15) is 0 Å². The molecule has 0 unspecified atom stereocenters. The second-order valence-electron chi connectivity index (χ2n) is 6.91. The third-order valence-electron chi connectivity index (χ3n) is 5.12. The van der Waals surface area contributed by atoms with Crippen LogP contribution in [0, 0.1) is 0 Å². The van der Waals surface area contributed by atoms with E-state index in [1.165, 1.54) is 0 Å². The van der Waals surface area contributed by atoms with E-state index < -0.39 is 0 Å². The Morgan fingerprint density at radius 2 is 1.94 bits per heavy atom. The molecule has 0 saturated heterocycles. The Bertz CT molecular complexity index is 1220. The van der Waals surface area contributed by atoms with Gasteiger partial charge in [0.15, 0.2) is 5.69 Å². The topological polar surface area (TPSA) is 97.3 Å². The molecule has 0 amide bonds. The summed E-state index contributed by atoms with van der Waals surface area (Å²) in [6.45, 7) is 0.854. The normalized spacial score (nSPS) is 15.5. The van der Waals surface area contributed by atoms with Gasteiger partial charge in [-0.2, -0.15) is 4.98 Å². The zero-order chi connectivity index (χ0) is 21.4. The molecule has 1 atom stereocenters. The first-order valence-corrected chi connectivity index (χ1v) is 9.90. The molecule has 31 heavy (non-hydrogen) atoms. The van der Waals surface area contributed by atoms with Gasteiger partial charge in [-0.05, 0) is 29.8 Å². The number of methoxy groups -OCH3 is 2. The predicted molar refractivity (Wildman–Crippen MR) is 111 cm³/mol. The van der Waals surface area contributed by atoms with Crippen LogP contribution < -0.4 is 9.47 Å². The number of rotatable bonds is 5. The highest BCUT2D eigenvalue weighted by Crippen LogP contribution is 2.34. The molecule has 10 heteroatoms. The van der Waals surface area contributed by atoms with Crippen molar-refractivity contribution in [3.63, 3.8) is 0 Å². The summed E-state index contributed by atoms with van der Waals surface area (Å²) in [4.78, 5) is 4.50. The first kappa shape index (κ1) is 19.5. The molecule has 4 aromatic rings. The summed E-state index contributed by atoms with van der Waals surface area (Å²) in [6.07, 6.45) is -0.135. The SMILES string of the molecule is COc1ccc(-c2nc(-c3nnn4c3CO[C@H](c3ccc(Cl)cc3)C4)no2)c(OC)c1. The quantitative estimate of drug-likeness (QED) is 0.461. The van der Waals surface area contributed by atoms with Crippen molar-refractivity contribution in [3.8, 4) is 34.5 Å². The van der Waals surface area contributed by atoms with Gasteiger partial charge in [0.2, 0.25) is 5.82 Å². The van der Waals surface area contributed by atoms with Gasteiger partial charge in [-0.1, -0.05) is 34.1 Å². The second kappa shape index (κ2) is 8.01. The van der Waals surface area contributed by atoms with E-state index in [2.05, 4.69) is 20.5 Å². The van der Waals surface area contributed by atoms with Crippen LogP contribution in [0.5, 0.6) is 11.5 Å². The number of halogens is 1. The van der Waals surface area contributed by atoms with Crippen molar-refractivity contribution in [2.75, 3.05) is 14.2 Å². The Labute approximate surface area is 182 Å². The summed E-state index contributed by atoms with van der Waals surface area (Å²) in [6, 6.07) is 12.9. The molecule has 0 bridgehead atoms. The van der Waals surface area contributed by atoms with Gasteiger partial charge in [0, 0.05) is 11.1 Å². The number of hydrogen-bond acceptors (Lipinski definition) is 8. The van der Waals surface area contributed by atoms with Gasteiger partial charge >= 0.3 is 0 Å². The molecule has 0 fully saturated rings. The summed E-state index contributed by atoms with van der Waals surface area (Å²) in [5.74, 6) is 1.88. The van der Waals surface area contributed by atoms with Crippen LogP contribution in [0.1, 0.15) is 17.4 Å². The molecule has 9 nitrogen and oxygen atoms in total. The number of nitrogens with zero attached hydrogens (tertiary/aromatic N) is 5. The predicted octanol–water partition coefficient (Wildman–Crippen LogP) is 3.94. The lowest BCUT2D eigenvalue weighted by Crippen LogP contribution is -2.22. The second-order valence-corrected chi connectivity index (χ2v) is 7.34. The van der Waals surface area contributed by atoms with Crippen LogP contribution in [0.3, 0.4) is 0 Å². The fourth-order valence-corrected chi connectivity index (χ4v) is 3.59. The average Bonchev–Trinajstić information content (AvgIpc) is 3.45. The van der Waals surface area contributed by atoms with Crippen LogP contribution in [-0.2, 0) is 17.9 Å². The van der Waals surface area contributed by atoms with Gasteiger partial charge in [-0.25, -0.2) is 4.68 Å². The number of hydrogen-bond donors (Lipinski definition) is 0. The van der Waals surface area contributed by atoms with E-state index in [1.54, 1.807) is 32.4 Å². The molecule has 1 aliphatic heterocycles. The summed E-state index contributed by atoms with van der Waals surface area (Å²) in [5, 5.41) is 13.3. The molecule has 2 aromatic carbocycles. The van der Waals surface area contributed by atoms with Crippen molar-refractivity contribution in [3.05, 3.63) is 58.7 Å². The minimum Gasteiger partial charge on any atom is -0.497 e. The van der Waals surface area contributed by atoms with Gasteiger partial charge < -0.3 is 18.7 Å². The van der Waals surface area contributed by atoms with E-state index in [-0.39, 0.29) is 6.10 Å². The zero-order valence-electron chi connectivity index (χ0n) is 16.8. The molecule has 0 N–H and O–H groups in total. The lowest BCUT2D eigenvalue weighted by Gasteiger charge is -2.24. The van der Waals surface area contributed by atoms with Gasteiger partial charge in [-0.3, -0.25) is 0 Å². The fraction of sp³-hybridized carbons (Fsp3) is 0.238. The van der Waals surface area contributed by atoms with E-state index in [0.717, 1.165) is 11.3 Å². The summed E-state index contributed by atoms with van der Waals surface area (Å²) in [5.41, 5.74) is 3.00. The Morgan fingerprint density at radius 3 is 2.71 bits per heavy atom. The molecule has 0 spiro atoms. The van der Waals surface area contributed by atoms with Crippen molar-refractivity contribution in [1.82, 2.24) is 25.1 Å². The Kier molecular flexibility index (Phi) is 5.05. The van der Waals surface area contributed by atoms with E-state index in [1.807, 2.05) is 28.9 Å². The van der Waals surface area contributed by atoms with Gasteiger partial charge in [0.1, 0.15) is 17.6 Å². The third-order valence-corrected chi connectivity index (χ3v) is 5.37. The molecule has 0 saturated carbocycles. The van der Waals surface area contributed by atoms with Crippen molar-refractivity contribution < 1.29 is 18.7 Å². The highest BCUT2D eigenvalue weighted by atomic mass is 35.5. The lowest BCUT2D eigenvalue weighted by atomic mass is 10.1. The van der Waals surface area contributed by atoms with Crippen molar-refractivity contribution in [1.29, 1.82) is 0 Å². The molecule has 2 aromatic heterocycles. The first-order valence-electron chi connectivity index (χ1n) is 9.52. The van der Waals surface area contributed by atoms with E-state index in [4.69, 9.17) is 30.3 Å². The Balaban J connectivity index is 1.42. The van der Waals surface area contributed by atoms with Crippen molar-refractivity contribution in [2.24, 2.45) is 0 Å². The minimum atomic E-state index is -0.135. The monoisotopic (exact) mass is 439 g/mol. The van der Waals surface area contributed by atoms with Crippen LogP contribution in [0.4, 0.5) is 0 Å². The van der Waals surface area contributed by atoms with E-state index in [0.29, 0.717) is 52.6 Å². The van der Waals surface area contributed by atoms with Crippen LogP contribution in [0.15, 0.2) is 47.0 Å². The maximum absolute atomic E-state index is 6.04. The third kappa shape index (κ3) is 3.62. The molecule has 0 aliphatic carbocycles. The lowest BCUT2D eigenvalue weighted by molar-refractivity contribution is -0.00112. The maximum atomic E-state index is 6.04. The van der Waals surface area contributed by atoms with Gasteiger partial charge in [-0.15, -0.1) is 5.10 Å². The highest BCUT2D eigenvalue weighted by Gasteiger charge is 2.28. The number of aromatic nitrogens is 5. The Morgan fingerprint density at radius 1 is 1.10 bits per heavy atom. The number of benzene rings is 2. The van der Waals surface area contributed by atoms with Crippen molar-refractivity contribution >= 4 is 11.6 Å². The largest absolute Gasteiger partial charge is 0.497 e. The molecule has 158 valence electrons. The Hall–Kier alpha value is -3.43. The smallest absolute Gasteiger partial charge is 0.262 e. The maximum Gasteiger partial charge on any atom is 0.262 e.